The highest BCUT2D eigenvalue weighted by atomic mass is 32.1. The fraction of sp³-hybridized carbons (Fsp3) is 0.375. The summed E-state index contributed by atoms with van der Waals surface area (Å²) in [5.41, 5.74) is 1.06. The Morgan fingerprint density at radius 1 is 1.70 bits per heavy atom. The van der Waals surface area contributed by atoms with Gasteiger partial charge < -0.3 is 0 Å². The average Bonchev–Trinajstić information content (AvgIpc) is 1.98. The molecule has 0 atom stereocenters. The first-order valence-electron chi connectivity index (χ1n) is 3.20. The Labute approximate surface area is 68.0 Å². The van der Waals surface area contributed by atoms with E-state index in [-0.39, 0.29) is 0 Å². The van der Waals surface area contributed by atoms with E-state index in [9.17, 15) is 0 Å². The summed E-state index contributed by atoms with van der Waals surface area (Å²) in [5.74, 6) is 0.841. The normalized spacial score (nSPS) is 12.4. The summed E-state index contributed by atoms with van der Waals surface area (Å²) in [5, 5.41) is 0. The van der Waals surface area contributed by atoms with E-state index in [0.717, 1.165) is 17.9 Å². The number of allylic oxidation sites excluding steroid dienone is 3. The molecule has 10 heavy (non-hydrogen) atoms. The third-order valence-corrected chi connectivity index (χ3v) is 1.30. The van der Waals surface area contributed by atoms with E-state index in [4.69, 9.17) is 0 Å². The molecule has 0 saturated carbocycles. The van der Waals surface area contributed by atoms with Crippen LogP contribution in [0.1, 0.15) is 6.42 Å². The van der Waals surface area contributed by atoms with Crippen LogP contribution in [0.5, 0.6) is 0 Å². The van der Waals surface area contributed by atoms with Crippen molar-refractivity contribution in [3.8, 4) is 0 Å². The Balaban J connectivity index is 3.84. The summed E-state index contributed by atoms with van der Waals surface area (Å²) in [6.07, 6.45) is 6.49. The van der Waals surface area contributed by atoms with Crippen molar-refractivity contribution in [2.45, 2.75) is 6.42 Å². The molecular weight excluding hydrogens is 142 g/mol. The number of hydrogen-bond donors (Lipinski definition) is 1. The van der Waals surface area contributed by atoms with Gasteiger partial charge in [-0.05, 0) is 18.2 Å². The van der Waals surface area contributed by atoms with E-state index >= 15 is 0 Å². The predicted octanol–water partition coefficient (Wildman–Crippen LogP) is 2.12. The minimum absolute atomic E-state index is 0.841. The van der Waals surface area contributed by atoms with E-state index in [0.29, 0.717) is 0 Å². The fourth-order valence-corrected chi connectivity index (χ4v) is 0.792. The topological polar surface area (TPSA) is 12.4 Å². The van der Waals surface area contributed by atoms with Gasteiger partial charge in [-0.15, -0.1) is 0 Å². The molecule has 0 aliphatic carbocycles. The van der Waals surface area contributed by atoms with Gasteiger partial charge in [0.15, 0.2) is 0 Å². The number of rotatable bonds is 4. The van der Waals surface area contributed by atoms with Crippen LogP contribution < -0.4 is 0 Å². The van der Waals surface area contributed by atoms with Gasteiger partial charge in [0.05, 0.1) is 0 Å². The third kappa shape index (κ3) is 4.39. The quantitative estimate of drug-likeness (QED) is 0.363. The highest BCUT2D eigenvalue weighted by Gasteiger charge is 1.87. The minimum atomic E-state index is 0.841. The van der Waals surface area contributed by atoms with E-state index in [2.05, 4.69) is 24.2 Å². The van der Waals surface area contributed by atoms with Crippen molar-refractivity contribution in [2.24, 2.45) is 4.99 Å². The zero-order chi connectivity index (χ0) is 7.82. The Hall–Kier alpha value is -0.500. The van der Waals surface area contributed by atoms with Crippen molar-refractivity contribution in [3.63, 3.8) is 0 Å². The largest absolute Gasteiger partial charge is 0.293 e. The molecular formula is C8H13NS. The summed E-state index contributed by atoms with van der Waals surface area (Å²) in [7, 11) is 1.78. The van der Waals surface area contributed by atoms with Gasteiger partial charge in [-0.25, -0.2) is 0 Å². The van der Waals surface area contributed by atoms with E-state index in [1.54, 1.807) is 13.1 Å². The fourth-order valence-electron chi connectivity index (χ4n) is 0.563. The Morgan fingerprint density at radius 3 is 2.80 bits per heavy atom. The second-order valence-electron chi connectivity index (χ2n) is 1.78. The number of nitrogens with zero attached hydrogens (tertiary/aromatic N) is 1. The molecule has 0 N–H and O–H groups in total. The lowest BCUT2D eigenvalue weighted by Gasteiger charge is -1.93. The lowest BCUT2D eigenvalue weighted by Crippen LogP contribution is -1.93. The Kier molecular flexibility index (Phi) is 6.29. The molecule has 0 unspecified atom stereocenters. The second kappa shape index (κ2) is 6.62. The molecule has 0 aromatic rings. The molecule has 0 aliphatic heterocycles. The van der Waals surface area contributed by atoms with Crippen LogP contribution in [0, 0.1) is 0 Å². The summed E-state index contributed by atoms with van der Waals surface area (Å²) in [6, 6.07) is 0. The van der Waals surface area contributed by atoms with Crippen molar-refractivity contribution < 1.29 is 0 Å². The van der Waals surface area contributed by atoms with Gasteiger partial charge in [0.2, 0.25) is 0 Å². The maximum atomic E-state index is 4.10. The van der Waals surface area contributed by atoms with Gasteiger partial charge in [-0.3, -0.25) is 4.99 Å². The predicted molar refractivity (Wildman–Crippen MR) is 51.2 cm³/mol. The van der Waals surface area contributed by atoms with E-state index < -0.39 is 0 Å². The minimum Gasteiger partial charge on any atom is -0.293 e. The Bertz CT molecular complexity index is 147. The molecule has 0 heterocycles. The van der Waals surface area contributed by atoms with Crippen molar-refractivity contribution in [1.82, 2.24) is 0 Å². The molecule has 0 aromatic carbocycles. The summed E-state index contributed by atoms with van der Waals surface area (Å²) >= 11 is 4.10. The van der Waals surface area contributed by atoms with Crippen LogP contribution >= 0.6 is 12.6 Å². The molecule has 0 radical (unpaired) electrons. The molecule has 0 aliphatic rings. The third-order valence-electron chi connectivity index (χ3n) is 1.08. The molecule has 0 saturated heterocycles. The van der Waals surface area contributed by atoms with Crippen LogP contribution in [-0.2, 0) is 0 Å². The lowest BCUT2D eigenvalue weighted by atomic mass is 10.2. The SMILES string of the molecule is C=C/C=C\C(CCS)=N/C. The Morgan fingerprint density at radius 2 is 2.40 bits per heavy atom. The van der Waals surface area contributed by atoms with Crippen LogP contribution in [-0.4, -0.2) is 18.5 Å². The van der Waals surface area contributed by atoms with Crippen LogP contribution in [0.3, 0.4) is 0 Å². The molecule has 0 amide bonds. The molecule has 56 valence electrons. The van der Waals surface area contributed by atoms with Gasteiger partial charge in [0.25, 0.3) is 0 Å². The zero-order valence-corrected chi connectivity index (χ0v) is 7.14. The van der Waals surface area contributed by atoms with Crippen LogP contribution in [0.15, 0.2) is 29.8 Å². The highest BCUT2D eigenvalue weighted by molar-refractivity contribution is 7.80. The van der Waals surface area contributed by atoms with E-state index in [1.807, 2.05) is 12.2 Å². The molecule has 0 aromatic heterocycles. The van der Waals surface area contributed by atoms with Crippen molar-refractivity contribution in [2.75, 3.05) is 12.8 Å². The average molecular weight is 155 g/mol. The van der Waals surface area contributed by atoms with Gasteiger partial charge >= 0.3 is 0 Å². The number of thiol groups is 1. The molecule has 0 rings (SSSR count). The van der Waals surface area contributed by atoms with E-state index in [1.165, 1.54) is 0 Å². The van der Waals surface area contributed by atoms with Crippen LogP contribution in [0.25, 0.3) is 0 Å². The van der Waals surface area contributed by atoms with Gasteiger partial charge in [-0.2, -0.15) is 12.6 Å². The summed E-state index contributed by atoms with van der Waals surface area (Å²) in [6.45, 7) is 3.57. The van der Waals surface area contributed by atoms with Gasteiger partial charge in [0.1, 0.15) is 0 Å². The first-order chi connectivity index (χ1) is 4.85. The van der Waals surface area contributed by atoms with Crippen molar-refractivity contribution in [3.05, 3.63) is 24.8 Å². The number of hydrogen-bond acceptors (Lipinski definition) is 2. The molecule has 0 spiro atoms. The van der Waals surface area contributed by atoms with Gasteiger partial charge in [0, 0.05) is 12.8 Å². The summed E-state index contributed by atoms with van der Waals surface area (Å²) < 4.78 is 0. The molecule has 0 bridgehead atoms. The molecule has 2 heteroatoms. The molecule has 0 fully saturated rings. The number of aliphatic imine (C=N–C) groups is 1. The first kappa shape index (κ1) is 9.50. The van der Waals surface area contributed by atoms with Gasteiger partial charge in [-0.1, -0.05) is 18.7 Å². The smallest absolute Gasteiger partial charge is 0.0352 e. The monoisotopic (exact) mass is 155 g/mol. The maximum Gasteiger partial charge on any atom is 0.0352 e. The first-order valence-corrected chi connectivity index (χ1v) is 3.84. The maximum absolute atomic E-state index is 4.10. The highest BCUT2D eigenvalue weighted by Crippen LogP contribution is 1.91. The standard InChI is InChI=1S/C8H13NS/c1-3-4-5-8(9-2)6-7-10/h3-5,10H,1,6-7H2,2H3/b5-4-,9-8+. The van der Waals surface area contributed by atoms with Crippen molar-refractivity contribution >= 4 is 18.3 Å². The molecule has 1 nitrogen and oxygen atoms in total. The van der Waals surface area contributed by atoms with Crippen LogP contribution in [0.2, 0.25) is 0 Å². The second-order valence-corrected chi connectivity index (χ2v) is 2.23. The summed E-state index contributed by atoms with van der Waals surface area (Å²) in [4.78, 5) is 4.05. The van der Waals surface area contributed by atoms with Crippen LogP contribution in [0.4, 0.5) is 0 Å². The van der Waals surface area contributed by atoms with Crippen molar-refractivity contribution in [1.29, 1.82) is 0 Å². The lowest BCUT2D eigenvalue weighted by molar-refractivity contribution is 1.28. The zero-order valence-electron chi connectivity index (χ0n) is 6.25.